The predicted octanol–water partition coefficient (Wildman–Crippen LogP) is 1.66. The average Bonchev–Trinajstić information content (AvgIpc) is 3.06. The number of ether oxygens (including phenoxy) is 3. The second kappa shape index (κ2) is 3.87. The monoisotopic (exact) mass is 223 g/mol. The topological polar surface area (TPSA) is 53.7 Å². The van der Waals surface area contributed by atoms with Crippen LogP contribution >= 0.6 is 0 Å². The molecular formula is C12H17NO3. The fourth-order valence-corrected chi connectivity index (χ4v) is 1.94. The van der Waals surface area contributed by atoms with E-state index in [0.29, 0.717) is 11.5 Å². The van der Waals surface area contributed by atoms with Crippen molar-refractivity contribution in [2.24, 2.45) is 5.73 Å². The molecule has 0 atom stereocenters. The van der Waals surface area contributed by atoms with E-state index in [4.69, 9.17) is 19.9 Å². The van der Waals surface area contributed by atoms with Crippen LogP contribution in [0.25, 0.3) is 0 Å². The molecule has 88 valence electrons. The van der Waals surface area contributed by atoms with Crippen LogP contribution in [0.1, 0.15) is 18.4 Å². The third kappa shape index (κ3) is 1.59. The van der Waals surface area contributed by atoms with Crippen molar-refractivity contribution in [1.82, 2.24) is 0 Å². The molecule has 1 saturated carbocycles. The summed E-state index contributed by atoms with van der Waals surface area (Å²) in [5, 5.41) is 0. The normalized spacial score (nSPS) is 16.8. The van der Waals surface area contributed by atoms with Gasteiger partial charge < -0.3 is 19.9 Å². The largest absolute Gasteiger partial charge is 0.496 e. The maximum atomic E-state index is 6.23. The van der Waals surface area contributed by atoms with E-state index in [-0.39, 0.29) is 5.54 Å². The van der Waals surface area contributed by atoms with Gasteiger partial charge >= 0.3 is 0 Å². The third-order valence-electron chi connectivity index (χ3n) is 3.01. The molecule has 0 aliphatic heterocycles. The summed E-state index contributed by atoms with van der Waals surface area (Å²) in [6.07, 6.45) is 1.90. The van der Waals surface area contributed by atoms with E-state index in [2.05, 4.69) is 0 Å². The highest BCUT2D eigenvalue weighted by atomic mass is 16.5. The predicted molar refractivity (Wildman–Crippen MR) is 61.2 cm³/mol. The lowest BCUT2D eigenvalue weighted by molar-refractivity contribution is 0.339. The zero-order valence-corrected chi connectivity index (χ0v) is 9.87. The van der Waals surface area contributed by atoms with Gasteiger partial charge in [0.2, 0.25) is 0 Å². The summed E-state index contributed by atoms with van der Waals surface area (Å²) in [5.74, 6) is 2.13. The fourth-order valence-electron chi connectivity index (χ4n) is 1.94. The molecule has 1 aliphatic rings. The number of hydrogen-bond acceptors (Lipinski definition) is 4. The molecular weight excluding hydrogens is 206 g/mol. The highest BCUT2D eigenvalue weighted by Crippen LogP contribution is 2.53. The molecule has 4 heteroatoms. The molecule has 0 saturated heterocycles. The van der Waals surface area contributed by atoms with Crippen LogP contribution in [-0.2, 0) is 5.54 Å². The van der Waals surface area contributed by atoms with Crippen LogP contribution in [0.5, 0.6) is 17.2 Å². The van der Waals surface area contributed by atoms with Crippen molar-refractivity contribution in [3.05, 3.63) is 17.7 Å². The van der Waals surface area contributed by atoms with Crippen LogP contribution in [0.4, 0.5) is 0 Å². The SMILES string of the molecule is COc1ccc(OC)c(C2(N)CC2)c1OC. The average molecular weight is 223 g/mol. The summed E-state index contributed by atoms with van der Waals surface area (Å²) in [6.45, 7) is 0. The molecule has 0 unspecified atom stereocenters. The van der Waals surface area contributed by atoms with Crippen LogP contribution in [0.2, 0.25) is 0 Å². The van der Waals surface area contributed by atoms with E-state index in [9.17, 15) is 0 Å². The molecule has 2 rings (SSSR count). The first-order valence-corrected chi connectivity index (χ1v) is 5.24. The van der Waals surface area contributed by atoms with Crippen LogP contribution in [0.15, 0.2) is 12.1 Å². The Kier molecular flexibility index (Phi) is 2.68. The fraction of sp³-hybridized carbons (Fsp3) is 0.500. The molecule has 0 aromatic heterocycles. The van der Waals surface area contributed by atoms with E-state index >= 15 is 0 Å². The summed E-state index contributed by atoms with van der Waals surface area (Å²) < 4.78 is 16.0. The first-order valence-electron chi connectivity index (χ1n) is 5.24. The van der Waals surface area contributed by atoms with Crippen molar-refractivity contribution in [2.75, 3.05) is 21.3 Å². The molecule has 0 amide bonds. The molecule has 1 aliphatic carbocycles. The Bertz CT molecular complexity index is 399. The molecule has 16 heavy (non-hydrogen) atoms. The molecule has 2 N–H and O–H groups in total. The van der Waals surface area contributed by atoms with Gasteiger partial charge in [-0.25, -0.2) is 0 Å². The first-order chi connectivity index (χ1) is 7.66. The molecule has 1 aromatic carbocycles. The molecule has 1 aromatic rings. The lowest BCUT2D eigenvalue weighted by atomic mass is 10.0. The number of hydrogen-bond donors (Lipinski definition) is 1. The summed E-state index contributed by atoms with van der Waals surface area (Å²) in [6, 6.07) is 3.69. The highest BCUT2D eigenvalue weighted by Gasteiger charge is 2.45. The van der Waals surface area contributed by atoms with Crippen LogP contribution in [-0.4, -0.2) is 21.3 Å². The maximum Gasteiger partial charge on any atom is 0.169 e. The van der Waals surface area contributed by atoms with Crippen LogP contribution in [0, 0.1) is 0 Å². The summed E-state index contributed by atoms with van der Waals surface area (Å²) in [4.78, 5) is 0. The van der Waals surface area contributed by atoms with Gasteiger partial charge in [0.25, 0.3) is 0 Å². The van der Waals surface area contributed by atoms with E-state index in [1.165, 1.54) is 0 Å². The summed E-state index contributed by atoms with van der Waals surface area (Å²) in [5.41, 5.74) is 6.83. The lowest BCUT2D eigenvalue weighted by Crippen LogP contribution is -2.21. The number of methoxy groups -OCH3 is 3. The quantitative estimate of drug-likeness (QED) is 0.843. The molecule has 0 radical (unpaired) electrons. The molecule has 1 fully saturated rings. The van der Waals surface area contributed by atoms with Crippen molar-refractivity contribution < 1.29 is 14.2 Å². The molecule has 0 spiro atoms. The molecule has 0 bridgehead atoms. The van der Waals surface area contributed by atoms with Gasteiger partial charge in [0.05, 0.1) is 26.9 Å². The first kappa shape index (κ1) is 11.1. The minimum absolute atomic E-state index is 0.314. The van der Waals surface area contributed by atoms with Gasteiger partial charge in [-0.2, -0.15) is 0 Å². The molecule has 4 nitrogen and oxygen atoms in total. The van der Waals surface area contributed by atoms with Gasteiger partial charge in [0, 0.05) is 5.54 Å². The lowest BCUT2D eigenvalue weighted by Gasteiger charge is -2.20. The minimum atomic E-state index is -0.314. The standard InChI is InChI=1S/C12H17NO3/c1-14-8-4-5-9(15-2)11(16-3)10(8)12(13)6-7-12/h4-5H,6-7,13H2,1-3H3. The van der Waals surface area contributed by atoms with Crippen molar-refractivity contribution in [1.29, 1.82) is 0 Å². The van der Waals surface area contributed by atoms with Gasteiger partial charge in [0.1, 0.15) is 5.75 Å². The Hall–Kier alpha value is -1.42. The summed E-state index contributed by atoms with van der Waals surface area (Å²) >= 11 is 0. The van der Waals surface area contributed by atoms with Crippen LogP contribution in [0.3, 0.4) is 0 Å². The smallest absolute Gasteiger partial charge is 0.169 e. The van der Waals surface area contributed by atoms with Gasteiger partial charge in [-0.3, -0.25) is 0 Å². The second-order valence-electron chi connectivity index (χ2n) is 4.03. The Balaban J connectivity index is 2.59. The van der Waals surface area contributed by atoms with E-state index in [0.717, 1.165) is 24.2 Å². The zero-order valence-electron chi connectivity index (χ0n) is 9.87. The van der Waals surface area contributed by atoms with E-state index in [1.807, 2.05) is 12.1 Å². The van der Waals surface area contributed by atoms with E-state index in [1.54, 1.807) is 21.3 Å². The zero-order chi connectivity index (χ0) is 11.8. The van der Waals surface area contributed by atoms with Gasteiger partial charge in [0.15, 0.2) is 11.5 Å². The summed E-state index contributed by atoms with van der Waals surface area (Å²) in [7, 11) is 4.87. The molecule has 0 heterocycles. The Morgan fingerprint density at radius 1 is 1.00 bits per heavy atom. The Labute approximate surface area is 95.3 Å². The van der Waals surface area contributed by atoms with E-state index < -0.39 is 0 Å². The van der Waals surface area contributed by atoms with Gasteiger partial charge in [-0.15, -0.1) is 0 Å². The number of nitrogens with two attached hydrogens (primary N) is 1. The third-order valence-corrected chi connectivity index (χ3v) is 3.01. The van der Waals surface area contributed by atoms with Gasteiger partial charge in [-0.1, -0.05) is 0 Å². The van der Waals surface area contributed by atoms with Crippen molar-refractivity contribution >= 4 is 0 Å². The second-order valence-corrected chi connectivity index (χ2v) is 4.03. The minimum Gasteiger partial charge on any atom is -0.496 e. The number of benzene rings is 1. The van der Waals surface area contributed by atoms with Crippen molar-refractivity contribution in [3.63, 3.8) is 0 Å². The Morgan fingerprint density at radius 3 is 2.00 bits per heavy atom. The Morgan fingerprint density at radius 2 is 1.56 bits per heavy atom. The van der Waals surface area contributed by atoms with Crippen LogP contribution < -0.4 is 19.9 Å². The maximum absolute atomic E-state index is 6.23. The van der Waals surface area contributed by atoms with Gasteiger partial charge in [-0.05, 0) is 25.0 Å². The van der Waals surface area contributed by atoms with Crippen molar-refractivity contribution in [3.8, 4) is 17.2 Å². The number of rotatable bonds is 4. The highest BCUT2D eigenvalue weighted by molar-refractivity contribution is 5.58. The van der Waals surface area contributed by atoms with Crippen molar-refractivity contribution in [2.45, 2.75) is 18.4 Å².